The summed E-state index contributed by atoms with van der Waals surface area (Å²) < 4.78 is 0. The van der Waals surface area contributed by atoms with Crippen molar-refractivity contribution in [2.75, 3.05) is 11.4 Å². The van der Waals surface area contributed by atoms with Gasteiger partial charge in [-0.1, -0.05) is 5.92 Å². The van der Waals surface area contributed by atoms with E-state index in [4.69, 9.17) is 6.57 Å². The molecule has 0 aliphatic carbocycles. The van der Waals surface area contributed by atoms with Crippen LogP contribution in [0, 0.1) is 18.4 Å². The predicted molar refractivity (Wildman–Crippen MR) is 82.6 cm³/mol. The highest BCUT2D eigenvalue weighted by atomic mass is 15.2. The van der Waals surface area contributed by atoms with Gasteiger partial charge < -0.3 is 4.90 Å². The fraction of sp³-hybridized carbons (Fsp3) is 0.529. The van der Waals surface area contributed by atoms with Crippen LogP contribution in [0.1, 0.15) is 45.2 Å². The Hall–Kier alpha value is -2.00. The maximum Gasteiger partial charge on any atom is 0.286 e. The van der Waals surface area contributed by atoms with Crippen LogP contribution in [-0.4, -0.2) is 23.1 Å². The lowest BCUT2D eigenvalue weighted by Gasteiger charge is -2.34. The van der Waals surface area contributed by atoms with Gasteiger partial charge >= 0.3 is 0 Å². The van der Waals surface area contributed by atoms with E-state index in [0.29, 0.717) is 6.04 Å². The lowest BCUT2D eigenvalue weighted by Crippen LogP contribution is -2.35. The minimum Gasteiger partial charge on any atom is -0.368 e. The Morgan fingerprint density at radius 3 is 2.80 bits per heavy atom. The van der Waals surface area contributed by atoms with Gasteiger partial charge in [-0.05, 0) is 38.2 Å². The normalized spacial score (nSPS) is 14.3. The molecule has 0 radical (unpaired) electrons. The molecule has 2 heterocycles. The quantitative estimate of drug-likeness (QED) is 0.575. The second-order valence-corrected chi connectivity index (χ2v) is 6.00. The average Bonchev–Trinajstić information content (AvgIpc) is 2.44. The molecule has 1 aromatic heterocycles. The molecule has 0 bridgehead atoms. The molecule has 1 aliphatic heterocycles. The van der Waals surface area contributed by atoms with Crippen LogP contribution < -0.4 is 4.90 Å². The van der Waals surface area contributed by atoms with Crippen LogP contribution in [0.25, 0.3) is 4.85 Å². The van der Waals surface area contributed by atoms with Crippen LogP contribution in [0.15, 0.2) is 12.4 Å². The number of aromatic nitrogens is 1. The van der Waals surface area contributed by atoms with Gasteiger partial charge in [-0.25, -0.2) is 6.57 Å². The fourth-order valence-corrected chi connectivity index (χ4v) is 2.43. The van der Waals surface area contributed by atoms with Crippen molar-refractivity contribution in [3.63, 3.8) is 0 Å². The first kappa shape index (κ1) is 14.4. The van der Waals surface area contributed by atoms with Crippen LogP contribution in [0.4, 0.5) is 5.69 Å². The van der Waals surface area contributed by atoms with Gasteiger partial charge in [0.1, 0.15) is 0 Å². The maximum absolute atomic E-state index is 7.15. The summed E-state index contributed by atoms with van der Waals surface area (Å²) in [6.45, 7) is 16.3. The first-order valence-corrected chi connectivity index (χ1v) is 7.10. The van der Waals surface area contributed by atoms with Gasteiger partial charge in [0, 0.05) is 38.2 Å². The Balaban J connectivity index is 2.43. The standard InChI is InChI=1S/C17H21N3/c1-13(2)20-10-6-7-15-14(11-19-12-16(15)20)8-9-17(3,4)18-5/h11-13H,6-7,10H2,1-4H3. The Morgan fingerprint density at radius 2 is 2.15 bits per heavy atom. The van der Waals surface area contributed by atoms with Crippen molar-refractivity contribution in [2.24, 2.45) is 0 Å². The van der Waals surface area contributed by atoms with Crippen LogP contribution in [0.5, 0.6) is 0 Å². The van der Waals surface area contributed by atoms with Crippen molar-refractivity contribution in [1.29, 1.82) is 0 Å². The van der Waals surface area contributed by atoms with Crippen molar-refractivity contribution < 1.29 is 0 Å². The van der Waals surface area contributed by atoms with E-state index < -0.39 is 5.54 Å². The SMILES string of the molecule is [C-]#[N+]C(C)(C)C#Cc1cncc2c1CCCN2C(C)C. The van der Waals surface area contributed by atoms with Gasteiger partial charge in [-0.3, -0.25) is 9.83 Å². The van der Waals surface area contributed by atoms with Gasteiger partial charge in [0.25, 0.3) is 5.54 Å². The fourth-order valence-electron chi connectivity index (χ4n) is 2.43. The molecule has 3 heteroatoms. The van der Waals surface area contributed by atoms with Crippen molar-refractivity contribution in [3.05, 3.63) is 34.9 Å². The third-order valence-electron chi connectivity index (χ3n) is 3.58. The van der Waals surface area contributed by atoms with Gasteiger partial charge in [0.05, 0.1) is 11.9 Å². The zero-order valence-corrected chi connectivity index (χ0v) is 12.7. The van der Waals surface area contributed by atoms with Crippen molar-refractivity contribution in [3.8, 4) is 11.8 Å². The average molecular weight is 267 g/mol. The number of hydrogen-bond acceptors (Lipinski definition) is 2. The number of nitrogens with zero attached hydrogens (tertiary/aromatic N) is 3. The molecule has 0 spiro atoms. The molecule has 104 valence electrons. The summed E-state index contributed by atoms with van der Waals surface area (Å²) in [5.41, 5.74) is 2.84. The van der Waals surface area contributed by atoms with Crippen molar-refractivity contribution in [1.82, 2.24) is 4.98 Å². The Bertz CT molecular complexity index is 597. The predicted octanol–water partition coefficient (Wildman–Crippen LogP) is 3.29. The molecule has 20 heavy (non-hydrogen) atoms. The number of anilines is 1. The largest absolute Gasteiger partial charge is 0.368 e. The molecule has 0 saturated heterocycles. The molecular weight excluding hydrogens is 246 g/mol. The van der Waals surface area contributed by atoms with Crippen LogP contribution in [-0.2, 0) is 6.42 Å². The summed E-state index contributed by atoms with van der Waals surface area (Å²) in [6, 6.07) is 0.471. The summed E-state index contributed by atoms with van der Waals surface area (Å²) in [4.78, 5) is 10.3. The monoisotopic (exact) mass is 267 g/mol. The molecule has 1 aliphatic rings. The molecule has 0 unspecified atom stereocenters. The molecule has 1 aromatic rings. The van der Waals surface area contributed by atoms with E-state index in [1.807, 2.05) is 26.2 Å². The molecule has 0 saturated carbocycles. The van der Waals surface area contributed by atoms with E-state index >= 15 is 0 Å². The van der Waals surface area contributed by atoms with E-state index in [1.54, 1.807) is 0 Å². The highest BCUT2D eigenvalue weighted by molar-refractivity contribution is 5.61. The van der Waals surface area contributed by atoms with Crippen molar-refractivity contribution >= 4 is 5.69 Å². The van der Waals surface area contributed by atoms with E-state index in [1.165, 1.54) is 11.3 Å². The number of rotatable bonds is 1. The molecule has 0 aromatic carbocycles. The van der Waals surface area contributed by atoms with Gasteiger partial charge in [-0.2, -0.15) is 0 Å². The number of fused-ring (bicyclic) bond motifs is 1. The number of hydrogen-bond donors (Lipinski definition) is 0. The lowest BCUT2D eigenvalue weighted by molar-refractivity contribution is 0.623. The van der Waals surface area contributed by atoms with Gasteiger partial charge in [0.2, 0.25) is 0 Å². The molecule has 0 N–H and O–H groups in total. The zero-order chi connectivity index (χ0) is 14.8. The molecule has 3 nitrogen and oxygen atoms in total. The Morgan fingerprint density at radius 1 is 1.40 bits per heavy atom. The maximum atomic E-state index is 7.15. The summed E-state index contributed by atoms with van der Waals surface area (Å²) >= 11 is 0. The van der Waals surface area contributed by atoms with Crippen molar-refractivity contribution in [2.45, 2.75) is 52.1 Å². The number of pyridine rings is 1. The highest BCUT2D eigenvalue weighted by Crippen LogP contribution is 2.30. The molecule has 0 fully saturated rings. The van der Waals surface area contributed by atoms with E-state index in [0.717, 1.165) is 24.9 Å². The first-order valence-electron chi connectivity index (χ1n) is 7.10. The lowest BCUT2D eigenvalue weighted by atomic mass is 9.97. The van der Waals surface area contributed by atoms with E-state index in [9.17, 15) is 0 Å². The topological polar surface area (TPSA) is 20.5 Å². The third kappa shape index (κ3) is 2.94. The Labute approximate surface area is 121 Å². The van der Waals surface area contributed by atoms with E-state index in [-0.39, 0.29) is 0 Å². The van der Waals surface area contributed by atoms with Gasteiger partial charge in [0.15, 0.2) is 0 Å². The summed E-state index contributed by atoms with van der Waals surface area (Å²) in [5.74, 6) is 6.23. The highest BCUT2D eigenvalue weighted by Gasteiger charge is 2.22. The molecule has 2 rings (SSSR count). The Kier molecular flexibility index (Phi) is 4.00. The molecule has 0 amide bonds. The minimum absolute atomic E-state index is 0.471. The van der Waals surface area contributed by atoms with E-state index in [2.05, 4.69) is 40.4 Å². The minimum atomic E-state index is -0.630. The first-order chi connectivity index (χ1) is 9.44. The summed E-state index contributed by atoms with van der Waals surface area (Å²) in [7, 11) is 0. The van der Waals surface area contributed by atoms with Crippen LogP contribution >= 0.6 is 0 Å². The zero-order valence-electron chi connectivity index (χ0n) is 12.7. The second-order valence-electron chi connectivity index (χ2n) is 6.00. The summed E-state index contributed by atoms with van der Waals surface area (Å²) in [6.07, 6.45) is 5.97. The summed E-state index contributed by atoms with van der Waals surface area (Å²) in [5, 5.41) is 0. The molecular formula is C17H21N3. The van der Waals surface area contributed by atoms with Gasteiger partial charge in [-0.15, -0.1) is 0 Å². The smallest absolute Gasteiger partial charge is 0.286 e. The van der Waals surface area contributed by atoms with Crippen LogP contribution in [0.3, 0.4) is 0 Å². The molecule has 0 atom stereocenters. The van der Waals surface area contributed by atoms with Crippen LogP contribution in [0.2, 0.25) is 0 Å². The third-order valence-corrected chi connectivity index (χ3v) is 3.58. The second kappa shape index (κ2) is 5.55.